The quantitative estimate of drug-likeness (QED) is 0.631. The van der Waals surface area contributed by atoms with Crippen LogP contribution in [0.2, 0.25) is 0 Å². The molecule has 0 radical (unpaired) electrons. The molecule has 1 aliphatic rings. The van der Waals surface area contributed by atoms with E-state index in [4.69, 9.17) is 9.72 Å². The number of piperidine rings is 1. The molecule has 2 aromatic heterocycles. The van der Waals surface area contributed by atoms with Crippen LogP contribution in [0.5, 0.6) is 5.75 Å². The van der Waals surface area contributed by atoms with Crippen molar-refractivity contribution in [3.63, 3.8) is 0 Å². The summed E-state index contributed by atoms with van der Waals surface area (Å²) in [6.07, 6.45) is 3.34. The van der Waals surface area contributed by atoms with Gasteiger partial charge in [0.2, 0.25) is 0 Å². The van der Waals surface area contributed by atoms with Crippen LogP contribution in [0.15, 0.2) is 36.5 Å². The predicted molar refractivity (Wildman–Crippen MR) is 112 cm³/mol. The molecular weight excluding hydrogens is 368 g/mol. The zero-order valence-electron chi connectivity index (χ0n) is 16.9. The number of imidazole rings is 1. The van der Waals surface area contributed by atoms with Gasteiger partial charge in [0.15, 0.2) is 0 Å². The number of fused-ring (bicyclic) bond motifs is 1. The molecule has 3 N–H and O–H groups in total. The monoisotopic (exact) mass is 394 g/mol. The van der Waals surface area contributed by atoms with Crippen molar-refractivity contribution in [2.24, 2.45) is 0 Å². The first-order chi connectivity index (χ1) is 14.0. The highest BCUT2D eigenvalue weighted by molar-refractivity contribution is 5.89. The van der Waals surface area contributed by atoms with E-state index in [1.165, 1.54) is 0 Å². The number of pyridine rings is 1. The number of anilines is 1. The highest BCUT2D eigenvalue weighted by atomic mass is 16.5. The van der Waals surface area contributed by atoms with Crippen molar-refractivity contribution in [3.8, 4) is 5.75 Å². The Bertz CT molecular complexity index is 1000. The standard InChI is InChI=1S/C21H26N6O2/c1-13-4-5-15(12-22-13)24-21(28)23-14-8-9-27(2)19(10-14)20-25-17-7-6-16(29-3)11-18(17)26-20/h4-7,11-12,14,19H,8-10H2,1-3H3,(H,25,26)(H2,23,24,28). The fourth-order valence-electron chi connectivity index (χ4n) is 3.72. The van der Waals surface area contributed by atoms with Crippen LogP contribution in [0, 0.1) is 6.92 Å². The molecular formula is C21H26N6O2. The molecule has 1 aliphatic heterocycles. The number of aryl methyl sites for hydroxylation is 1. The zero-order chi connectivity index (χ0) is 20.4. The molecule has 0 saturated carbocycles. The number of nitrogens with one attached hydrogen (secondary N) is 3. The van der Waals surface area contributed by atoms with E-state index < -0.39 is 0 Å². The largest absolute Gasteiger partial charge is 0.497 e. The van der Waals surface area contributed by atoms with E-state index in [0.29, 0.717) is 5.69 Å². The molecule has 0 bridgehead atoms. The highest BCUT2D eigenvalue weighted by Crippen LogP contribution is 2.30. The van der Waals surface area contributed by atoms with Crippen LogP contribution in [0.25, 0.3) is 11.0 Å². The molecule has 1 fully saturated rings. The maximum atomic E-state index is 12.4. The van der Waals surface area contributed by atoms with Crippen molar-refractivity contribution in [2.45, 2.75) is 31.8 Å². The van der Waals surface area contributed by atoms with Gasteiger partial charge in [0.1, 0.15) is 11.6 Å². The number of benzene rings is 1. The third kappa shape index (κ3) is 4.32. The average molecular weight is 394 g/mol. The van der Waals surface area contributed by atoms with Gasteiger partial charge >= 0.3 is 6.03 Å². The lowest BCUT2D eigenvalue weighted by molar-refractivity contribution is 0.153. The molecule has 3 heterocycles. The van der Waals surface area contributed by atoms with Crippen LogP contribution < -0.4 is 15.4 Å². The van der Waals surface area contributed by atoms with Gasteiger partial charge in [0.25, 0.3) is 0 Å². The Hall–Kier alpha value is -3.13. The summed E-state index contributed by atoms with van der Waals surface area (Å²) < 4.78 is 5.30. The summed E-state index contributed by atoms with van der Waals surface area (Å²) in [4.78, 5) is 27.1. The smallest absolute Gasteiger partial charge is 0.319 e. The Morgan fingerprint density at radius 3 is 2.93 bits per heavy atom. The second-order valence-corrected chi connectivity index (χ2v) is 7.51. The summed E-state index contributed by atoms with van der Waals surface area (Å²) in [5.74, 6) is 1.71. The summed E-state index contributed by atoms with van der Waals surface area (Å²) in [6, 6.07) is 9.50. The topological polar surface area (TPSA) is 95.2 Å². The Balaban J connectivity index is 1.43. The van der Waals surface area contributed by atoms with Gasteiger partial charge in [-0.2, -0.15) is 0 Å². The lowest BCUT2D eigenvalue weighted by Gasteiger charge is -2.36. The molecule has 2 amide bonds. The number of hydrogen-bond donors (Lipinski definition) is 3. The van der Waals surface area contributed by atoms with Gasteiger partial charge in [-0.05, 0) is 51.1 Å². The van der Waals surface area contributed by atoms with Crippen molar-refractivity contribution in [3.05, 3.63) is 48.0 Å². The second-order valence-electron chi connectivity index (χ2n) is 7.51. The van der Waals surface area contributed by atoms with E-state index >= 15 is 0 Å². The van der Waals surface area contributed by atoms with Crippen molar-refractivity contribution in [2.75, 3.05) is 26.0 Å². The number of aromatic nitrogens is 3. The molecule has 3 aromatic rings. The van der Waals surface area contributed by atoms with Crippen LogP contribution in [-0.2, 0) is 0 Å². The van der Waals surface area contributed by atoms with E-state index in [1.807, 2.05) is 37.3 Å². The minimum Gasteiger partial charge on any atom is -0.497 e. The van der Waals surface area contributed by atoms with Gasteiger partial charge in [-0.3, -0.25) is 9.88 Å². The molecule has 4 rings (SSSR count). The number of hydrogen-bond acceptors (Lipinski definition) is 5. The number of urea groups is 1. The molecule has 29 heavy (non-hydrogen) atoms. The number of carbonyl (C=O) groups is 1. The second kappa shape index (κ2) is 8.08. The van der Waals surface area contributed by atoms with Crippen LogP contribution in [-0.4, -0.2) is 52.6 Å². The van der Waals surface area contributed by atoms with Gasteiger partial charge in [-0.25, -0.2) is 9.78 Å². The molecule has 1 aromatic carbocycles. The maximum Gasteiger partial charge on any atom is 0.319 e. The normalized spacial score (nSPS) is 19.8. The minimum atomic E-state index is -0.210. The Labute approximate surface area is 169 Å². The predicted octanol–water partition coefficient (Wildman–Crippen LogP) is 3.23. The number of carbonyl (C=O) groups excluding carboxylic acids is 1. The van der Waals surface area contributed by atoms with Gasteiger partial charge in [0, 0.05) is 24.3 Å². The van der Waals surface area contributed by atoms with Gasteiger partial charge < -0.3 is 20.4 Å². The van der Waals surface area contributed by atoms with Crippen molar-refractivity contribution >= 4 is 22.8 Å². The van der Waals surface area contributed by atoms with Crippen molar-refractivity contribution < 1.29 is 9.53 Å². The lowest BCUT2D eigenvalue weighted by atomic mass is 9.97. The molecule has 2 unspecified atom stereocenters. The zero-order valence-corrected chi connectivity index (χ0v) is 16.9. The summed E-state index contributed by atoms with van der Waals surface area (Å²) in [7, 11) is 3.74. The van der Waals surface area contributed by atoms with E-state index in [0.717, 1.165) is 47.7 Å². The first-order valence-electron chi connectivity index (χ1n) is 9.76. The Morgan fingerprint density at radius 1 is 1.31 bits per heavy atom. The number of methoxy groups -OCH3 is 1. The minimum absolute atomic E-state index is 0.0670. The molecule has 152 valence electrons. The van der Waals surface area contributed by atoms with Gasteiger partial charge in [-0.1, -0.05) is 0 Å². The number of aromatic amines is 1. The lowest BCUT2D eigenvalue weighted by Crippen LogP contribution is -2.46. The van der Waals surface area contributed by atoms with Crippen LogP contribution >= 0.6 is 0 Å². The highest BCUT2D eigenvalue weighted by Gasteiger charge is 2.30. The number of nitrogens with zero attached hydrogens (tertiary/aromatic N) is 3. The number of rotatable bonds is 4. The van der Waals surface area contributed by atoms with Gasteiger partial charge in [0.05, 0.1) is 36.1 Å². The van der Waals surface area contributed by atoms with E-state index in [9.17, 15) is 4.79 Å². The van der Waals surface area contributed by atoms with Crippen LogP contribution in [0.4, 0.5) is 10.5 Å². The van der Waals surface area contributed by atoms with Crippen molar-refractivity contribution in [1.29, 1.82) is 0 Å². The fourth-order valence-corrected chi connectivity index (χ4v) is 3.72. The number of amides is 2. The molecule has 2 atom stereocenters. The molecule has 0 spiro atoms. The van der Waals surface area contributed by atoms with E-state index in [-0.39, 0.29) is 18.1 Å². The fraction of sp³-hybridized carbons (Fsp3) is 0.381. The van der Waals surface area contributed by atoms with E-state index in [1.54, 1.807) is 13.3 Å². The molecule has 8 nitrogen and oxygen atoms in total. The summed E-state index contributed by atoms with van der Waals surface area (Å²) in [6.45, 7) is 2.79. The maximum absolute atomic E-state index is 12.4. The average Bonchev–Trinajstić information content (AvgIpc) is 3.14. The third-order valence-corrected chi connectivity index (χ3v) is 5.40. The number of ether oxygens (including phenoxy) is 1. The van der Waals surface area contributed by atoms with Gasteiger partial charge in [-0.15, -0.1) is 0 Å². The van der Waals surface area contributed by atoms with E-state index in [2.05, 4.69) is 32.5 Å². The first-order valence-corrected chi connectivity index (χ1v) is 9.76. The summed E-state index contributed by atoms with van der Waals surface area (Å²) in [5.41, 5.74) is 3.46. The Morgan fingerprint density at radius 2 is 2.17 bits per heavy atom. The molecule has 8 heteroatoms. The summed E-state index contributed by atoms with van der Waals surface area (Å²) in [5, 5.41) is 5.94. The Kier molecular flexibility index (Phi) is 5.35. The number of H-pyrrole nitrogens is 1. The summed E-state index contributed by atoms with van der Waals surface area (Å²) >= 11 is 0. The molecule has 0 aliphatic carbocycles. The van der Waals surface area contributed by atoms with Crippen molar-refractivity contribution in [1.82, 2.24) is 25.2 Å². The van der Waals surface area contributed by atoms with Crippen LogP contribution in [0.1, 0.15) is 30.4 Å². The third-order valence-electron chi connectivity index (χ3n) is 5.40. The van der Waals surface area contributed by atoms with Crippen LogP contribution in [0.3, 0.4) is 0 Å². The molecule has 1 saturated heterocycles. The number of likely N-dealkylation sites (tertiary alicyclic amines) is 1. The first kappa shape index (κ1) is 19.2. The SMILES string of the molecule is COc1ccc2nc(C3CC(NC(=O)Nc4ccc(C)nc4)CCN3C)[nH]c2c1.